The summed E-state index contributed by atoms with van der Waals surface area (Å²) in [5, 5.41) is 0. The van der Waals surface area contributed by atoms with Crippen LogP contribution in [0.15, 0.2) is 60.7 Å². The average molecular weight is 280 g/mol. The van der Waals surface area contributed by atoms with Gasteiger partial charge in [-0.2, -0.15) is 0 Å². The zero-order chi connectivity index (χ0) is 14.7. The molecule has 2 amide bonds. The summed E-state index contributed by atoms with van der Waals surface area (Å²) in [6, 6.07) is 18.6. The van der Waals surface area contributed by atoms with Crippen LogP contribution in [0, 0.1) is 0 Å². The molecule has 0 aromatic heterocycles. The van der Waals surface area contributed by atoms with Gasteiger partial charge in [-0.15, -0.1) is 0 Å². The van der Waals surface area contributed by atoms with Gasteiger partial charge >= 0.3 is 0 Å². The molecule has 4 nitrogen and oxygen atoms in total. The third-order valence-electron chi connectivity index (χ3n) is 3.58. The highest BCUT2D eigenvalue weighted by molar-refractivity contribution is 5.99. The highest BCUT2D eigenvalue weighted by atomic mass is 16.2. The molecular formula is C17H16N2O2. The van der Waals surface area contributed by atoms with Crippen molar-refractivity contribution in [2.75, 3.05) is 18.1 Å². The Hall–Kier alpha value is -2.62. The zero-order valence-corrected chi connectivity index (χ0v) is 11.6. The summed E-state index contributed by atoms with van der Waals surface area (Å²) in [6.07, 6.45) is 0.355. The lowest BCUT2D eigenvalue weighted by molar-refractivity contribution is -0.120. The van der Waals surface area contributed by atoms with Crippen molar-refractivity contribution in [2.24, 2.45) is 0 Å². The van der Waals surface area contributed by atoms with Gasteiger partial charge in [0.05, 0.1) is 0 Å². The van der Waals surface area contributed by atoms with Crippen molar-refractivity contribution in [3.63, 3.8) is 0 Å². The second-order valence-corrected chi connectivity index (χ2v) is 4.98. The Morgan fingerprint density at radius 1 is 0.905 bits per heavy atom. The van der Waals surface area contributed by atoms with Gasteiger partial charge in [0.1, 0.15) is 6.67 Å². The SMILES string of the molecule is O=C(c1ccccc1)N1CCC(=O)N(c2ccccc2)C1. The first-order chi connectivity index (χ1) is 10.3. The van der Waals surface area contributed by atoms with E-state index in [1.165, 1.54) is 0 Å². The summed E-state index contributed by atoms with van der Waals surface area (Å²) in [5.41, 5.74) is 1.48. The van der Waals surface area contributed by atoms with Crippen molar-refractivity contribution < 1.29 is 9.59 Å². The average Bonchev–Trinajstić information content (AvgIpc) is 2.56. The third kappa shape index (κ3) is 2.79. The second-order valence-electron chi connectivity index (χ2n) is 4.98. The summed E-state index contributed by atoms with van der Waals surface area (Å²) in [6.45, 7) is 0.770. The Kier molecular flexibility index (Phi) is 3.69. The predicted octanol–water partition coefficient (Wildman–Crippen LogP) is 2.52. The summed E-state index contributed by atoms with van der Waals surface area (Å²) in [7, 11) is 0. The second kappa shape index (κ2) is 5.79. The highest BCUT2D eigenvalue weighted by Gasteiger charge is 2.28. The van der Waals surface area contributed by atoms with Crippen LogP contribution in [0.1, 0.15) is 16.8 Å². The molecule has 0 atom stereocenters. The monoisotopic (exact) mass is 280 g/mol. The molecule has 4 heteroatoms. The maximum absolute atomic E-state index is 12.5. The van der Waals surface area contributed by atoms with Gasteiger partial charge in [0.2, 0.25) is 5.91 Å². The van der Waals surface area contributed by atoms with Crippen molar-refractivity contribution in [1.29, 1.82) is 0 Å². The third-order valence-corrected chi connectivity index (χ3v) is 3.58. The molecule has 1 aliphatic heterocycles. The van der Waals surface area contributed by atoms with Crippen LogP contribution in [0.5, 0.6) is 0 Å². The van der Waals surface area contributed by atoms with E-state index in [0.717, 1.165) is 5.69 Å². The van der Waals surface area contributed by atoms with Crippen LogP contribution in [-0.2, 0) is 4.79 Å². The van der Waals surface area contributed by atoms with Gasteiger partial charge in [-0.1, -0.05) is 36.4 Å². The van der Waals surface area contributed by atoms with Crippen molar-refractivity contribution in [3.05, 3.63) is 66.2 Å². The van der Waals surface area contributed by atoms with Crippen LogP contribution < -0.4 is 4.90 Å². The molecule has 0 unspecified atom stereocenters. The number of carbonyl (C=O) groups excluding carboxylic acids is 2. The highest BCUT2D eigenvalue weighted by Crippen LogP contribution is 2.20. The largest absolute Gasteiger partial charge is 0.320 e. The van der Waals surface area contributed by atoms with Crippen LogP contribution in [0.3, 0.4) is 0 Å². The van der Waals surface area contributed by atoms with Gasteiger partial charge in [-0.3, -0.25) is 14.5 Å². The molecule has 21 heavy (non-hydrogen) atoms. The fourth-order valence-corrected chi connectivity index (χ4v) is 2.45. The van der Waals surface area contributed by atoms with Crippen LogP contribution in [0.25, 0.3) is 0 Å². The topological polar surface area (TPSA) is 40.6 Å². The van der Waals surface area contributed by atoms with Crippen LogP contribution in [0.2, 0.25) is 0 Å². The van der Waals surface area contributed by atoms with Crippen molar-refractivity contribution in [3.8, 4) is 0 Å². The van der Waals surface area contributed by atoms with Gasteiger partial charge in [0.15, 0.2) is 0 Å². The molecule has 0 N–H and O–H groups in total. The number of benzene rings is 2. The van der Waals surface area contributed by atoms with E-state index >= 15 is 0 Å². The Balaban J connectivity index is 1.80. The number of amides is 2. The molecule has 0 bridgehead atoms. The zero-order valence-electron chi connectivity index (χ0n) is 11.6. The van der Waals surface area contributed by atoms with E-state index in [-0.39, 0.29) is 11.8 Å². The molecule has 0 saturated carbocycles. The number of nitrogens with zero attached hydrogens (tertiary/aromatic N) is 2. The van der Waals surface area contributed by atoms with Gasteiger partial charge < -0.3 is 4.90 Å². The lowest BCUT2D eigenvalue weighted by atomic mass is 10.1. The van der Waals surface area contributed by atoms with E-state index in [1.54, 1.807) is 21.9 Å². The van der Waals surface area contributed by atoms with E-state index in [1.807, 2.05) is 48.5 Å². The van der Waals surface area contributed by atoms with Gasteiger partial charge in [-0.25, -0.2) is 0 Å². The van der Waals surface area contributed by atoms with Crippen LogP contribution in [0.4, 0.5) is 5.69 Å². The van der Waals surface area contributed by atoms with E-state index < -0.39 is 0 Å². The number of hydrogen-bond acceptors (Lipinski definition) is 2. The minimum absolute atomic E-state index is 0.0379. The summed E-state index contributed by atoms with van der Waals surface area (Å²) >= 11 is 0. The maximum atomic E-state index is 12.5. The molecule has 0 radical (unpaired) electrons. The van der Waals surface area contributed by atoms with Gasteiger partial charge in [0, 0.05) is 24.2 Å². The van der Waals surface area contributed by atoms with Gasteiger partial charge in [0.25, 0.3) is 5.91 Å². The summed E-state index contributed by atoms with van der Waals surface area (Å²) in [4.78, 5) is 27.9. The minimum Gasteiger partial charge on any atom is -0.320 e. The molecule has 2 aromatic rings. The summed E-state index contributed by atoms with van der Waals surface area (Å²) < 4.78 is 0. The number of anilines is 1. The lowest BCUT2D eigenvalue weighted by Gasteiger charge is -2.35. The molecular weight excluding hydrogens is 264 g/mol. The fraction of sp³-hybridized carbons (Fsp3) is 0.176. The molecule has 2 aromatic carbocycles. The number of para-hydroxylation sites is 1. The Labute approximate surface area is 123 Å². The maximum Gasteiger partial charge on any atom is 0.255 e. The molecule has 1 fully saturated rings. The van der Waals surface area contributed by atoms with Crippen molar-refractivity contribution in [2.45, 2.75) is 6.42 Å². The molecule has 0 spiro atoms. The fourth-order valence-electron chi connectivity index (χ4n) is 2.45. The Morgan fingerprint density at radius 2 is 1.52 bits per heavy atom. The predicted molar refractivity (Wildman–Crippen MR) is 80.9 cm³/mol. The van der Waals surface area contributed by atoms with Crippen LogP contribution >= 0.6 is 0 Å². The normalized spacial score (nSPS) is 15.1. The van der Waals surface area contributed by atoms with Crippen molar-refractivity contribution in [1.82, 2.24) is 4.90 Å². The van der Waals surface area contributed by atoms with E-state index in [9.17, 15) is 9.59 Å². The molecule has 106 valence electrons. The van der Waals surface area contributed by atoms with Crippen LogP contribution in [-0.4, -0.2) is 29.9 Å². The Morgan fingerprint density at radius 3 is 2.19 bits per heavy atom. The minimum atomic E-state index is -0.0379. The van der Waals surface area contributed by atoms with E-state index in [0.29, 0.717) is 25.2 Å². The standard InChI is InChI=1S/C17H16N2O2/c20-16-11-12-18(17(21)14-7-3-1-4-8-14)13-19(16)15-9-5-2-6-10-15/h1-10H,11-13H2. The molecule has 1 aliphatic rings. The first-order valence-electron chi connectivity index (χ1n) is 6.95. The smallest absolute Gasteiger partial charge is 0.255 e. The summed E-state index contributed by atoms with van der Waals surface area (Å²) in [5.74, 6) is 0.0161. The van der Waals surface area contributed by atoms with E-state index in [4.69, 9.17) is 0 Å². The number of rotatable bonds is 2. The lowest BCUT2D eigenvalue weighted by Crippen LogP contribution is -2.50. The van der Waals surface area contributed by atoms with Gasteiger partial charge in [-0.05, 0) is 24.3 Å². The molecule has 0 aliphatic carbocycles. The quantitative estimate of drug-likeness (QED) is 0.848. The van der Waals surface area contributed by atoms with Crippen molar-refractivity contribution >= 4 is 17.5 Å². The first-order valence-corrected chi connectivity index (χ1v) is 6.95. The molecule has 1 saturated heterocycles. The van der Waals surface area contributed by atoms with E-state index in [2.05, 4.69) is 0 Å². The molecule has 3 rings (SSSR count). The number of carbonyl (C=O) groups is 2. The first kappa shape index (κ1) is 13.4. The Bertz CT molecular complexity index is 640. The number of hydrogen-bond donors (Lipinski definition) is 0. The molecule has 1 heterocycles.